The average molecular weight is 218 g/mol. The van der Waals surface area contributed by atoms with E-state index >= 15 is 0 Å². The standard InChI is InChI=1S/C13H18N2O/c14-11-5-13(6-11)7-12(8-13)16-9-10-1-3-15-4-2-10/h1-4,11-12H,5-9,14H2. The summed E-state index contributed by atoms with van der Waals surface area (Å²) in [6, 6.07) is 4.47. The Hall–Kier alpha value is -0.930. The van der Waals surface area contributed by atoms with Crippen LogP contribution in [0.2, 0.25) is 0 Å². The molecule has 3 nitrogen and oxygen atoms in total. The van der Waals surface area contributed by atoms with Crippen molar-refractivity contribution in [3.05, 3.63) is 30.1 Å². The molecule has 2 aliphatic carbocycles. The largest absolute Gasteiger partial charge is 0.373 e. The number of nitrogens with two attached hydrogens (primary N) is 1. The minimum atomic E-state index is 0.459. The second-order valence-corrected chi connectivity index (χ2v) is 5.37. The lowest BCUT2D eigenvalue weighted by molar-refractivity contribution is -0.129. The van der Waals surface area contributed by atoms with E-state index in [0.717, 1.165) is 6.61 Å². The van der Waals surface area contributed by atoms with E-state index in [0.29, 0.717) is 17.6 Å². The van der Waals surface area contributed by atoms with E-state index in [1.54, 1.807) is 0 Å². The van der Waals surface area contributed by atoms with Crippen LogP contribution in [0, 0.1) is 5.41 Å². The molecule has 16 heavy (non-hydrogen) atoms. The van der Waals surface area contributed by atoms with Crippen molar-refractivity contribution in [1.82, 2.24) is 4.98 Å². The fraction of sp³-hybridized carbons (Fsp3) is 0.615. The Morgan fingerprint density at radius 1 is 1.25 bits per heavy atom. The Kier molecular flexibility index (Phi) is 2.45. The molecular formula is C13H18N2O. The molecule has 0 unspecified atom stereocenters. The minimum Gasteiger partial charge on any atom is -0.373 e. The molecule has 0 saturated heterocycles. The molecule has 1 spiro atoms. The van der Waals surface area contributed by atoms with E-state index in [-0.39, 0.29) is 0 Å². The maximum absolute atomic E-state index is 5.86. The monoisotopic (exact) mass is 218 g/mol. The second-order valence-electron chi connectivity index (χ2n) is 5.37. The highest BCUT2D eigenvalue weighted by molar-refractivity contribution is 5.09. The Balaban J connectivity index is 1.42. The number of hydrogen-bond donors (Lipinski definition) is 1. The molecule has 0 aromatic carbocycles. The van der Waals surface area contributed by atoms with Gasteiger partial charge in [-0.25, -0.2) is 0 Å². The van der Waals surface area contributed by atoms with Crippen molar-refractivity contribution in [2.75, 3.05) is 0 Å². The molecule has 2 N–H and O–H groups in total. The Labute approximate surface area is 96.0 Å². The first-order valence-electron chi connectivity index (χ1n) is 6.02. The topological polar surface area (TPSA) is 48.1 Å². The molecule has 86 valence electrons. The molecule has 2 aliphatic rings. The lowest BCUT2D eigenvalue weighted by Crippen LogP contribution is -2.55. The minimum absolute atomic E-state index is 0.459. The Morgan fingerprint density at radius 2 is 1.94 bits per heavy atom. The maximum Gasteiger partial charge on any atom is 0.0721 e. The molecule has 1 aromatic heterocycles. The number of hydrogen-bond acceptors (Lipinski definition) is 3. The first kappa shape index (κ1) is 10.2. The van der Waals surface area contributed by atoms with Crippen molar-refractivity contribution >= 4 is 0 Å². The number of pyridine rings is 1. The van der Waals surface area contributed by atoms with E-state index in [2.05, 4.69) is 4.98 Å². The van der Waals surface area contributed by atoms with Crippen LogP contribution >= 0.6 is 0 Å². The molecule has 2 fully saturated rings. The molecule has 0 amide bonds. The van der Waals surface area contributed by atoms with Crippen LogP contribution in [0.15, 0.2) is 24.5 Å². The molecule has 0 bridgehead atoms. The highest BCUT2D eigenvalue weighted by Gasteiger charge is 2.52. The van der Waals surface area contributed by atoms with Crippen molar-refractivity contribution < 1.29 is 4.74 Å². The second kappa shape index (κ2) is 3.82. The third-order valence-corrected chi connectivity index (χ3v) is 3.95. The highest BCUT2D eigenvalue weighted by Crippen LogP contribution is 2.56. The van der Waals surface area contributed by atoms with Crippen molar-refractivity contribution in [2.45, 2.75) is 44.4 Å². The summed E-state index contributed by atoms with van der Waals surface area (Å²) >= 11 is 0. The SMILES string of the molecule is NC1CC2(C1)CC(OCc1ccncc1)C2. The molecule has 1 heterocycles. The highest BCUT2D eigenvalue weighted by atomic mass is 16.5. The molecule has 3 rings (SSSR count). The van der Waals surface area contributed by atoms with Crippen LogP contribution in [0.4, 0.5) is 0 Å². The summed E-state index contributed by atoms with van der Waals surface area (Å²) in [6.07, 6.45) is 8.93. The summed E-state index contributed by atoms with van der Waals surface area (Å²) in [5.41, 5.74) is 7.61. The van der Waals surface area contributed by atoms with Gasteiger partial charge < -0.3 is 10.5 Å². The zero-order valence-corrected chi connectivity index (χ0v) is 9.43. The van der Waals surface area contributed by atoms with E-state index in [4.69, 9.17) is 10.5 Å². The van der Waals surface area contributed by atoms with Gasteiger partial charge in [-0.15, -0.1) is 0 Å². The van der Waals surface area contributed by atoms with Gasteiger partial charge in [-0.2, -0.15) is 0 Å². The normalized spacial score (nSPS) is 36.8. The first-order chi connectivity index (χ1) is 7.76. The maximum atomic E-state index is 5.86. The van der Waals surface area contributed by atoms with Gasteiger partial charge >= 0.3 is 0 Å². The zero-order chi connectivity index (χ0) is 11.0. The van der Waals surface area contributed by atoms with Gasteiger partial charge in [0.25, 0.3) is 0 Å². The van der Waals surface area contributed by atoms with Gasteiger partial charge in [0.2, 0.25) is 0 Å². The van der Waals surface area contributed by atoms with Gasteiger partial charge in [0.15, 0.2) is 0 Å². The van der Waals surface area contributed by atoms with Gasteiger partial charge in [0.1, 0.15) is 0 Å². The van der Waals surface area contributed by atoms with E-state index in [9.17, 15) is 0 Å². The number of ether oxygens (including phenoxy) is 1. The molecule has 3 heteroatoms. The fourth-order valence-corrected chi connectivity index (χ4v) is 3.10. The Morgan fingerprint density at radius 3 is 2.56 bits per heavy atom. The Bertz CT molecular complexity index is 351. The van der Waals surface area contributed by atoms with Crippen LogP contribution in [0.1, 0.15) is 31.2 Å². The summed E-state index contributed by atoms with van der Waals surface area (Å²) in [7, 11) is 0. The number of nitrogens with zero attached hydrogens (tertiary/aromatic N) is 1. The lowest BCUT2D eigenvalue weighted by atomic mass is 9.53. The average Bonchev–Trinajstić information content (AvgIpc) is 2.21. The van der Waals surface area contributed by atoms with Crippen LogP contribution in [0.25, 0.3) is 0 Å². The van der Waals surface area contributed by atoms with Gasteiger partial charge in [-0.1, -0.05) is 0 Å². The molecule has 0 aliphatic heterocycles. The number of aromatic nitrogens is 1. The van der Waals surface area contributed by atoms with Crippen molar-refractivity contribution in [1.29, 1.82) is 0 Å². The first-order valence-corrected chi connectivity index (χ1v) is 6.02. The van der Waals surface area contributed by atoms with Crippen LogP contribution in [0.5, 0.6) is 0 Å². The third-order valence-electron chi connectivity index (χ3n) is 3.95. The molecule has 0 radical (unpaired) electrons. The predicted octanol–water partition coefficient (Wildman–Crippen LogP) is 1.87. The van der Waals surface area contributed by atoms with Gasteiger partial charge in [0.05, 0.1) is 12.7 Å². The quantitative estimate of drug-likeness (QED) is 0.842. The van der Waals surface area contributed by atoms with Crippen molar-refractivity contribution in [3.8, 4) is 0 Å². The van der Waals surface area contributed by atoms with Gasteiger partial charge in [-0.3, -0.25) is 4.98 Å². The predicted molar refractivity (Wildman–Crippen MR) is 61.7 cm³/mol. The molecule has 2 saturated carbocycles. The number of rotatable bonds is 3. The van der Waals surface area contributed by atoms with E-state index < -0.39 is 0 Å². The summed E-state index contributed by atoms with van der Waals surface area (Å²) in [5, 5.41) is 0. The van der Waals surface area contributed by atoms with Crippen molar-refractivity contribution in [3.63, 3.8) is 0 Å². The fourth-order valence-electron chi connectivity index (χ4n) is 3.10. The summed E-state index contributed by atoms with van der Waals surface area (Å²) in [4.78, 5) is 3.99. The summed E-state index contributed by atoms with van der Waals surface area (Å²) in [5.74, 6) is 0. The van der Waals surface area contributed by atoms with Crippen molar-refractivity contribution in [2.24, 2.45) is 11.1 Å². The molecule has 1 aromatic rings. The molecular weight excluding hydrogens is 200 g/mol. The zero-order valence-electron chi connectivity index (χ0n) is 9.43. The van der Waals surface area contributed by atoms with Crippen LogP contribution in [-0.2, 0) is 11.3 Å². The molecule has 0 atom stereocenters. The van der Waals surface area contributed by atoms with E-state index in [1.165, 1.54) is 31.2 Å². The summed E-state index contributed by atoms with van der Waals surface area (Å²) in [6.45, 7) is 0.718. The smallest absolute Gasteiger partial charge is 0.0721 e. The third kappa shape index (κ3) is 1.85. The lowest BCUT2D eigenvalue weighted by Gasteiger charge is -2.56. The van der Waals surface area contributed by atoms with Crippen LogP contribution in [0.3, 0.4) is 0 Å². The van der Waals surface area contributed by atoms with Gasteiger partial charge in [0, 0.05) is 18.4 Å². The van der Waals surface area contributed by atoms with E-state index in [1.807, 2.05) is 24.5 Å². The van der Waals surface area contributed by atoms with Crippen LogP contribution in [-0.4, -0.2) is 17.1 Å². The van der Waals surface area contributed by atoms with Crippen LogP contribution < -0.4 is 5.73 Å². The van der Waals surface area contributed by atoms with Gasteiger partial charge in [-0.05, 0) is 48.8 Å². The summed E-state index contributed by atoms with van der Waals surface area (Å²) < 4.78 is 5.86.